The molecule has 1 N–H and O–H groups in total. The van der Waals surface area contributed by atoms with Crippen molar-refractivity contribution in [3.8, 4) is 11.5 Å². The highest BCUT2D eigenvalue weighted by Gasteiger charge is 2.37. The van der Waals surface area contributed by atoms with Crippen LogP contribution in [0.2, 0.25) is 0 Å². The molecule has 2 aromatic carbocycles. The van der Waals surface area contributed by atoms with Gasteiger partial charge < -0.3 is 24.2 Å². The van der Waals surface area contributed by atoms with Crippen molar-refractivity contribution in [2.45, 2.75) is 18.7 Å². The third-order valence-electron chi connectivity index (χ3n) is 6.16. The Morgan fingerprint density at radius 1 is 1.05 bits per heavy atom. The number of β-amino-alcohol motifs (C(OH)–C–C–N with tert-alkyl or cyclic N) is 1. The normalized spacial score (nSPS) is 18.3. The fourth-order valence-corrected chi connectivity index (χ4v) is 4.36. The lowest BCUT2D eigenvalue weighted by molar-refractivity contribution is -0.138. The van der Waals surface area contributed by atoms with Gasteiger partial charge in [0.2, 0.25) is 5.91 Å². The van der Waals surface area contributed by atoms with Crippen LogP contribution in [0.5, 0.6) is 11.5 Å². The molecular formula is C27H32F2N4O5. The third-order valence-corrected chi connectivity index (χ3v) is 6.16. The molecule has 1 fully saturated rings. The molecule has 0 unspecified atom stereocenters. The van der Waals surface area contributed by atoms with Crippen LogP contribution < -0.4 is 9.47 Å². The number of hydrogen-bond donors (Lipinski definition) is 1. The van der Waals surface area contributed by atoms with Crippen molar-refractivity contribution in [2.24, 2.45) is 0 Å². The highest BCUT2D eigenvalue weighted by molar-refractivity contribution is 5.77. The molecule has 38 heavy (non-hydrogen) atoms. The SMILES string of the molecule is COCC(=O)N1CCN(Cc2cccc(OCCn3cccn3)c2)C[C@@](O)(COc2ccc(F)c(F)c2)C1. The molecule has 9 nitrogen and oxygen atoms in total. The van der Waals surface area contributed by atoms with E-state index in [0.717, 1.165) is 23.4 Å². The van der Waals surface area contributed by atoms with Crippen LogP contribution in [0.25, 0.3) is 0 Å². The van der Waals surface area contributed by atoms with Crippen LogP contribution in [0, 0.1) is 11.6 Å². The number of aromatic nitrogens is 2. The number of amides is 1. The predicted molar refractivity (Wildman–Crippen MR) is 135 cm³/mol. The van der Waals surface area contributed by atoms with Gasteiger partial charge in [0.05, 0.1) is 13.1 Å². The zero-order valence-corrected chi connectivity index (χ0v) is 21.3. The molecule has 204 valence electrons. The van der Waals surface area contributed by atoms with Crippen LogP contribution in [0.4, 0.5) is 8.78 Å². The van der Waals surface area contributed by atoms with Gasteiger partial charge in [0.25, 0.3) is 0 Å². The second kappa shape index (κ2) is 12.8. The van der Waals surface area contributed by atoms with E-state index in [-0.39, 0.29) is 38.0 Å². The topological polar surface area (TPSA) is 89.3 Å². The maximum absolute atomic E-state index is 13.6. The molecular weight excluding hydrogens is 498 g/mol. The van der Waals surface area contributed by atoms with E-state index < -0.39 is 17.2 Å². The van der Waals surface area contributed by atoms with Crippen molar-refractivity contribution in [1.29, 1.82) is 0 Å². The first-order chi connectivity index (χ1) is 18.3. The Bertz CT molecular complexity index is 1200. The van der Waals surface area contributed by atoms with Crippen LogP contribution in [-0.2, 0) is 22.6 Å². The van der Waals surface area contributed by atoms with Crippen molar-refractivity contribution in [3.05, 3.63) is 78.1 Å². The summed E-state index contributed by atoms with van der Waals surface area (Å²) in [5.74, 6) is -1.48. The lowest BCUT2D eigenvalue weighted by Gasteiger charge is -2.33. The quantitative estimate of drug-likeness (QED) is 0.407. The Balaban J connectivity index is 1.43. The molecule has 0 bridgehead atoms. The molecule has 1 amide bonds. The summed E-state index contributed by atoms with van der Waals surface area (Å²) in [6.07, 6.45) is 3.59. The van der Waals surface area contributed by atoms with Gasteiger partial charge in [-0.25, -0.2) is 8.78 Å². The fraction of sp³-hybridized carbons (Fsp3) is 0.407. The lowest BCUT2D eigenvalue weighted by Crippen LogP contribution is -2.52. The van der Waals surface area contributed by atoms with E-state index in [1.165, 1.54) is 18.1 Å². The zero-order valence-electron chi connectivity index (χ0n) is 21.3. The molecule has 0 radical (unpaired) electrons. The summed E-state index contributed by atoms with van der Waals surface area (Å²) < 4.78 is 45.2. The van der Waals surface area contributed by atoms with Crippen LogP contribution in [0.3, 0.4) is 0 Å². The first kappa shape index (κ1) is 27.5. The number of nitrogens with zero attached hydrogens (tertiary/aromatic N) is 4. The molecule has 1 aliphatic heterocycles. The van der Waals surface area contributed by atoms with Gasteiger partial charge in [-0.15, -0.1) is 0 Å². The Morgan fingerprint density at radius 3 is 2.66 bits per heavy atom. The summed E-state index contributed by atoms with van der Waals surface area (Å²) in [4.78, 5) is 16.2. The molecule has 1 saturated heterocycles. The van der Waals surface area contributed by atoms with E-state index >= 15 is 0 Å². The smallest absolute Gasteiger partial charge is 0.248 e. The van der Waals surface area contributed by atoms with E-state index in [1.54, 1.807) is 10.9 Å². The van der Waals surface area contributed by atoms with Gasteiger partial charge in [0, 0.05) is 51.7 Å². The van der Waals surface area contributed by atoms with Crippen LogP contribution in [0.1, 0.15) is 5.56 Å². The average molecular weight is 531 g/mol. The van der Waals surface area contributed by atoms with Gasteiger partial charge >= 0.3 is 0 Å². The van der Waals surface area contributed by atoms with Gasteiger partial charge in [-0.1, -0.05) is 12.1 Å². The number of hydrogen-bond acceptors (Lipinski definition) is 7. The van der Waals surface area contributed by atoms with Gasteiger partial charge in [0.15, 0.2) is 11.6 Å². The number of carbonyl (C=O) groups is 1. The first-order valence-corrected chi connectivity index (χ1v) is 12.3. The Labute approximate surface area is 220 Å². The number of halogens is 2. The van der Waals surface area contributed by atoms with Crippen molar-refractivity contribution in [3.63, 3.8) is 0 Å². The minimum atomic E-state index is -1.47. The number of aliphatic hydroxyl groups is 1. The maximum Gasteiger partial charge on any atom is 0.248 e. The van der Waals surface area contributed by atoms with Crippen LogP contribution in [-0.4, -0.2) is 89.3 Å². The summed E-state index contributed by atoms with van der Waals surface area (Å²) in [5, 5.41) is 15.7. The first-order valence-electron chi connectivity index (χ1n) is 12.3. The summed E-state index contributed by atoms with van der Waals surface area (Å²) in [6, 6.07) is 12.7. The monoisotopic (exact) mass is 530 g/mol. The Kier molecular flexibility index (Phi) is 9.27. The van der Waals surface area contributed by atoms with Crippen molar-refractivity contribution in [1.82, 2.24) is 19.6 Å². The van der Waals surface area contributed by atoms with Crippen molar-refractivity contribution >= 4 is 5.91 Å². The highest BCUT2D eigenvalue weighted by Crippen LogP contribution is 2.22. The van der Waals surface area contributed by atoms with Gasteiger partial charge in [-0.05, 0) is 35.9 Å². The summed E-state index contributed by atoms with van der Waals surface area (Å²) >= 11 is 0. The second-order valence-corrected chi connectivity index (χ2v) is 9.31. The highest BCUT2D eigenvalue weighted by atomic mass is 19.2. The molecule has 4 rings (SSSR count). The average Bonchev–Trinajstić information content (AvgIpc) is 3.35. The van der Waals surface area contributed by atoms with E-state index in [0.29, 0.717) is 32.8 Å². The Hall–Kier alpha value is -3.54. The fourth-order valence-electron chi connectivity index (χ4n) is 4.36. The van der Waals surface area contributed by atoms with Gasteiger partial charge in [0.1, 0.15) is 36.9 Å². The van der Waals surface area contributed by atoms with E-state index in [2.05, 4.69) is 5.10 Å². The molecule has 1 aromatic heterocycles. The number of ether oxygens (including phenoxy) is 3. The molecule has 11 heteroatoms. The van der Waals surface area contributed by atoms with E-state index in [4.69, 9.17) is 14.2 Å². The molecule has 0 saturated carbocycles. The number of methoxy groups -OCH3 is 1. The zero-order chi connectivity index (χ0) is 27.0. The van der Waals surface area contributed by atoms with Crippen molar-refractivity contribution in [2.75, 3.05) is 53.1 Å². The standard InChI is InChI=1S/C27H32F2N4O5/c1-36-17-26(34)32-11-10-31(18-27(35,19-32)20-38-23-6-7-24(28)25(29)15-23)16-21-4-2-5-22(14-21)37-13-12-33-9-3-8-30-33/h2-9,14-15,35H,10-13,16-20H2,1H3/t27-/m0/s1. The number of rotatable bonds is 11. The summed E-state index contributed by atoms with van der Waals surface area (Å²) in [5.41, 5.74) is -0.495. The summed E-state index contributed by atoms with van der Waals surface area (Å²) in [6.45, 7) is 2.34. The molecule has 0 aliphatic carbocycles. The number of carbonyl (C=O) groups excluding carboxylic acids is 1. The van der Waals surface area contributed by atoms with Crippen molar-refractivity contribution < 1.29 is 32.9 Å². The lowest BCUT2D eigenvalue weighted by atomic mass is 10.0. The predicted octanol–water partition coefficient (Wildman–Crippen LogP) is 2.34. The second-order valence-electron chi connectivity index (χ2n) is 9.31. The molecule has 1 aliphatic rings. The van der Waals surface area contributed by atoms with Crippen LogP contribution >= 0.6 is 0 Å². The largest absolute Gasteiger partial charge is 0.492 e. The molecule has 2 heterocycles. The third kappa shape index (κ3) is 7.73. The minimum absolute atomic E-state index is 0.00590. The van der Waals surface area contributed by atoms with E-state index in [1.807, 2.05) is 41.4 Å². The molecule has 3 aromatic rings. The van der Waals surface area contributed by atoms with Crippen LogP contribution in [0.15, 0.2) is 60.9 Å². The molecule has 1 atom stereocenters. The molecule has 0 spiro atoms. The minimum Gasteiger partial charge on any atom is -0.492 e. The summed E-state index contributed by atoms with van der Waals surface area (Å²) in [7, 11) is 1.44. The van der Waals surface area contributed by atoms with Gasteiger partial charge in [-0.2, -0.15) is 5.10 Å². The number of benzene rings is 2. The van der Waals surface area contributed by atoms with Gasteiger partial charge in [-0.3, -0.25) is 14.4 Å². The van der Waals surface area contributed by atoms with E-state index in [9.17, 15) is 18.7 Å². The maximum atomic E-state index is 13.6. The Morgan fingerprint density at radius 2 is 1.89 bits per heavy atom.